The van der Waals surface area contributed by atoms with Gasteiger partial charge in [0.15, 0.2) is 0 Å². The third-order valence-corrected chi connectivity index (χ3v) is 3.16. The van der Waals surface area contributed by atoms with E-state index in [2.05, 4.69) is 74.3 Å². The minimum atomic E-state index is 0.0160. The first-order valence-corrected chi connectivity index (χ1v) is 7.52. The molecule has 0 bridgehead atoms. The molecule has 112 valence electrons. The first kappa shape index (κ1) is 15.4. The Morgan fingerprint density at radius 2 is 1.71 bits per heavy atom. The molecule has 0 unspecified atom stereocenters. The van der Waals surface area contributed by atoms with E-state index in [9.17, 15) is 0 Å². The molecule has 0 aliphatic rings. The van der Waals surface area contributed by atoms with E-state index in [4.69, 9.17) is 4.98 Å². The predicted octanol–water partition coefficient (Wildman–Crippen LogP) is 4.32. The van der Waals surface area contributed by atoms with E-state index in [1.807, 2.05) is 12.1 Å². The van der Waals surface area contributed by atoms with Crippen LogP contribution in [-0.2, 0) is 6.54 Å². The number of nitrogens with zero attached hydrogens (tertiary/aromatic N) is 2. The lowest BCUT2D eigenvalue weighted by atomic mass is 10.1. The molecule has 1 aromatic carbocycles. The fourth-order valence-corrected chi connectivity index (χ4v) is 2.21. The summed E-state index contributed by atoms with van der Waals surface area (Å²) in [5.41, 5.74) is 1.32. The van der Waals surface area contributed by atoms with Crippen molar-refractivity contribution in [2.24, 2.45) is 0 Å². The summed E-state index contributed by atoms with van der Waals surface area (Å²) in [5.74, 6) is 1.93. The lowest BCUT2D eigenvalue weighted by Crippen LogP contribution is -2.28. The second-order valence-electron chi connectivity index (χ2n) is 6.26. The van der Waals surface area contributed by atoms with Gasteiger partial charge in [-0.25, -0.2) is 4.98 Å². The number of rotatable bonds is 5. The Morgan fingerprint density at radius 1 is 1.00 bits per heavy atom. The second kappa shape index (κ2) is 6.61. The van der Waals surface area contributed by atoms with Crippen LogP contribution in [0, 0.1) is 0 Å². The SMILES string of the molecule is CCN(Cc1ccccc1)c1cccc(NC(C)(C)C)n1. The van der Waals surface area contributed by atoms with Crippen LogP contribution in [0.4, 0.5) is 11.6 Å². The van der Waals surface area contributed by atoms with Crippen molar-refractivity contribution in [3.63, 3.8) is 0 Å². The van der Waals surface area contributed by atoms with E-state index in [1.165, 1.54) is 5.56 Å². The molecule has 1 heterocycles. The Kier molecular flexibility index (Phi) is 4.84. The van der Waals surface area contributed by atoms with Gasteiger partial charge in [0, 0.05) is 18.6 Å². The molecule has 0 fully saturated rings. The Labute approximate surface area is 128 Å². The number of nitrogens with one attached hydrogen (secondary N) is 1. The van der Waals surface area contributed by atoms with Crippen LogP contribution < -0.4 is 10.2 Å². The lowest BCUT2D eigenvalue weighted by molar-refractivity contribution is 0.630. The zero-order chi connectivity index (χ0) is 15.3. The minimum Gasteiger partial charge on any atom is -0.365 e. The predicted molar refractivity (Wildman–Crippen MR) is 90.8 cm³/mol. The van der Waals surface area contributed by atoms with Crippen molar-refractivity contribution in [1.29, 1.82) is 0 Å². The normalized spacial score (nSPS) is 11.2. The van der Waals surface area contributed by atoms with Crippen molar-refractivity contribution in [3.05, 3.63) is 54.1 Å². The highest BCUT2D eigenvalue weighted by Crippen LogP contribution is 2.19. The fraction of sp³-hybridized carbons (Fsp3) is 0.389. The summed E-state index contributed by atoms with van der Waals surface area (Å²) in [5, 5.41) is 3.43. The number of aromatic nitrogens is 1. The van der Waals surface area contributed by atoms with E-state index in [0.29, 0.717) is 0 Å². The average molecular weight is 283 g/mol. The van der Waals surface area contributed by atoms with Crippen LogP contribution in [0.3, 0.4) is 0 Å². The quantitative estimate of drug-likeness (QED) is 0.886. The van der Waals surface area contributed by atoms with E-state index < -0.39 is 0 Å². The molecule has 21 heavy (non-hydrogen) atoms. The van der Waals surface area contributed by atoms with Crippen LogP contribution in [0.15, 0.2) is 48.5 Å². The maximum absolute atomic E-state index is 4.74. The van der Waals surface area contributed by atoms with Crippen molar-refractivity contribution in [2.75, 3.05) is 16.8 Å². The third kappa shape index (κ3) is 4.78. The van der Waals surface area contributed by atoms with Gasteiger partial charge in [0.25, 0.3) is 0 Å². The maximum atomic E-state index is 4.74. The Bertz CT molecular complexity index is 558. The van der Waals surface area contributed by atoms with Crippen LogP contribution in [0.5, 0.6) is 0 Å². The molecule has 0 saturated heterocycles. The molecule has 2 rings (SSSR count). The lowest BCUT2D eigenvalue weighted by Gasteiger charge is -2.25. The van der Waals surface area contributed by atoms with Gasteiger partial charge in [0.05, 0.1) is 0 Å². The Balaban J connectivity index is 2.16. The number of anilines is 2. The zero-order valence-electron chi connectivity index (χ0n) is 13.4. The van der Waals surface area contributed by atoms with Crippen molar-refractivity contribution in [1.82, 2.24) is 4.98 Å². The molecule has 3 heteroatoms. The molecule has 1 N–H and O–H groups in total. The monoisotopic (exact) mass is 283 g/mol. The van der Waals surface area contributed by atoms with Crippen LogP contribution in [0.25, 0.3) is 0 Å². The molecule has 1 aromatic heterocycles. The third-order valence-electron chi connectivity index (χ3n) is 3.16. The van der Waals surface area contributed by atoms with Crippen LogP contribution in [-0.4, -0.2) is 17.1 Å². The summed E-state index contributed by atoms with van der Waals surface area (Å²) in [6, 6.07) is 16.7. The first-order valence-electron chi connectivity index (χ1n) is 7.52. The molecular weight excluding hydrogens is 258 g/mol. The van der Waals surface area contributed by atoms with E-state index in [1.54, 1.807) is 0 Å². The molecule has 0 atom stereocenters. The Morgan fingerprint density at radius 3 is 2.33 bits per heavy atom. The van der Waals surface area contributed by atoms with Gasteiger partial charge in [0.2, 0.25) is 0 Å². The number of benzene rings is 1. The molecule has 0 spiro atoms. The highest BCUT2D eigenvalue weighted by Gasteiger charge is 2.12. The van der Waals surface area contributed by atoms with Crippen molar-refractivity contribution >= 4 is 11.6 Å². The molecule has 0 radical (unpaired) electrons. The van der Waals surface area contributed by atoms with Gasteiger partial charge in [-0.1, -0.05) is 36.4 Å². The van der Waals surface area contributed by atoms with Crippen molar-refractivity contribution in [2.45, 2.75) is 39.8 Å². The van der Waals surface area contributed by atoms with Crippen LogP contribution >= 0.6 is 0 Å². The summed E-state index contributed by atoms with van der Waals surface area (Å²) < 4.78 is 0. The first-order chi connectivity index (χ1) is 9.98. The zero-order valence-corrected chi connectivity index (χ0v) is 13.4. The van der Waals surface area contributed by atoms with Crippen LogP contribution in [0.1, 0.15) is 33.3 Å². The van der Waals surface area contributed by atoms with Gasteiger partial charge >= 0.3 is 0 Å². The molecule has 0 saturated carbocycles. The number of pyridine rings is 1. The second-order valence-corrected chi connectivity index (χ2v) is 6.26. The van der Waals surface area contributed by atoms with Gasteiger partial charge in [-0.3, -0.25) is 0 Å². The van der Waals surface area contributed by atoms with Gasteiger partial charge in [-0.2, -0.15) is 0 Å². The van der Waals surface area contributed by atoms with E-state index in [-0.39, 0.29) is 5.54 Å². The van der Waals surface area contributed by atoms with Crippen LogP contribution in [0.2, 0.25) is 0 Å². The largest absolute Gasteiger partial charge is 0.365 e. The summed E-state index contributed by atoms with van der Waals surface area (Å²) in [4.78, 5) is 7.02. The molecular formula is C18H25N3. The van der Waals surface area contributed by atoms with E-state index in [0.717, 1.165) is 24.7 Å². The van der Waals surface area contributed by atoms with Gasteiger partial charge in [-0.15, -0.1) is 0 Å². The molecule has 3 nitrogen and oxygen atoms in total. The summed E-state index contributed by atoms with van der Waals surface area (Å²) in [6.07, 6.45) is 0. The summed E-state index contributed by atoms with van der Waals surface area (Å²) >= 11 is 0. The highest BCUT2D eigenvalue weighted by molar-refractivity contribution is 5.48. The summed E-state index contributed by atoms with van der Waals surface area (Å²) in [6.45, 7) is 10.4. The molecule has 0 amide bonds. The Hall–Kier alpha value is -2.03. The van der Waals surface area contributed by atoms with Crippen molar-refractivity contribution in [3.8, 4) is 0 Å². The summed E-state index contributed by atoms with van der Waals surface area (Å²) in [7, 11) is 0. The van der Waals surface area contributed by atoms with E-state index >= 15 is 0 Å². The molecule has 2 aromatic rings. The fourth-order valence-electron chi connectivity index (χ4n) is 2.21. The standard InChI is InChI=1S/C18H25N3/c1-5-21(14-15-10-7-6-8-11-15)17-13-9-12-16(19-17)20-18(2,3)4/h6-13H,5,14H2,1-4H3,(H,19,20). The smallest absolute Gasteiger partial charge is 0.131 e. The number of hydrogen-bond donors (Lipinski definition) is 1. The van der Waals surface area contributed by atoms with Crippen molar-refractivity contribution < 1.29 is 0 Å². The topological polar surface area (TPSA) is 28.2 Å². The maximum Gasteiger partial charge on any atom is 0.131 e. The number of hydrogen-bond acceptors (Lipinski definition) is 3. The van der Waals surface area contributed by atoms with Gasteiger partial charge in [0.1, 0.15) is 11.6 Å². The average Bonchev–Trinajstić information content (AvgIpc) is 2.44. The minimum absolute atomic E-state index is 0.0160. The molecule has 0 aliphatic heterocycles. The van der Waals surface area contributed by atoms with Gasteiger partial charge < -0.3 is 10.2 Å². The highest BCUT2D eigenvalue weighted by atomic mass is 15.2. The molecule has 0 aliphatic carbocycles. The van der Waals surface area contributed by atoms with Gasteiger partial charge in [-0.05, 0) is 45.4 Å².